The quantitative estimate of drug-likeness (QED) is 0.561. The predicted octanol–water partition coefficient (Wildman–Crippen LogP) is 4.14. The highest BCUT2D eigenvalue weighted by molar-refractivity contribution is 7.89. The lowest BCUT2D eigenvalue weighted by atomic mass is 10.1. The first-order valence-corrected chi connectivity index (χ1v) is 10.7. The van der Waals surface area contributed by atoms with Crippen molar-refractivity contribution >= 4 is 15.7 Å². The van der Waals surface area contributed by atoms with E-state index in [1.807, 2.05) is 36.4 Å². The lowest BCUT2D eigenvalue weighted by Crippen LogP contribution is -2.25. The fraction of sp³-hybridized carbons (Fsp3) is 0.182. The van der Waals surface area contributed by atoms with Crippen LogP contribution in [0.25, 0.3) is 0 Å². The molecule has 0 aromatic heterocycles. The number of sulfonamides is 1. The highest BCUT2D eigenvalue weighted by Crippen LogP contribution is 2.22. The minimum Gasteiger partial charge on any atom is -0.457 e. The van der Waals surface area contributed by atoms with Gasteiger partial charge in [0.15, 0.2) is 0 Å². The number of hydrogen-bond donors (Lipinski definition) is 2. The van der Waals surface area contributed by atoms with Crippen LogP contribution in [0.3, 0.4) is 0 Å². The molecule has 0 spiro atoms. The van der Waals surface area contributed by atoms with Crippen LogP contribution in [-0.2, 0) is 22.9 Å². The number of ether oxygens (including phenoxy) is 1. The number of benzene rings is 3. The van der Waals surface area contributed by atoms with Gasteiger partial charge in [0.25, 0.3) is 0 Å². The lowest BCUT2D eigenvalue weighted by Gasteiger charge is -2.09. The molecular weight excluding hydrogens is 372 g/mol. The predicted molar refractivity (Wildman–Crippen MR) is 112 cm³/mol. The summed E-state index contributed by atoms with van der Waals surface area (Å²) in [6.07, 6.45) is 1.58. The standard InChI is InChI=1S/C22H24N2O3S/c1-2-17-3-9-20(10-4-17)27-21-11-5-18(6-12-21)15-16-24-28(25,26)22-13-7-19(23)8-14-22/h3-14,24H,2,15-16,23H2,1H3. The van der Waals surface area contributed by atoms with Crippen molar-refractivity contribution in [1.82, 2.24) is 4.72 Å². The van der Waals surface area contributed by atoms with E-state index < -0.39 is 10.0 Å². The largest absolute Gasteiger partial charge is 0.457 e. The number of nitrogen functional groups attached to an aromatic ring is 1. The minimum absolute atomic E-state index is 0.208. The van der Waals surface area contributed by atoms with Crippen LogP contribution < -0.4 is 15.2 Å². The summed E-state index contributed by atoms with van der Waals surface area (Å²) in [6.45, 7) is 2.43. The number of anilines is 1. The Morgan fingerprint density at radius 3 is 1.89 bits per heavy atom. The second kappa shape index (κ2) is 8.91. The minimum atomic E-state index is -3.53. The Morgan fingerprint density at radius 1 is 0.821 bits per heavy atom. The third kappa shape index (κ3) is 5.34. The van der Waals surface area contributed by atoms with Gasteiger partial charge in [-0.3, -0.25) is 0 Å². The molecule has 0 bridgehead atoms. The summed E-state index contributed by atoms with van der Waals surface area (Å²) in [5.74, 6) is 1.54. The zero-order chi connectivity index (χ0) is 20.0. The number of nitrogens with two attached hydrogens (primary N) is 1. The molecule has 0 saturated heterocycles. The molecule has 3 N–H and O–H groups in total. The van der Waals surface area contributed by atoms with Gasteiger partial charge < -0.3 is 10.5 Å². The molecule has 0 aliphatic heterocycles. The maximum Gasteiger partial charge on any atom is 0.240 e. The molecule has 0 atom stereocenters. The zero-order valence-electron chi connectivity index (χ0n) is 15.8. The average molecular weight is 397 g/mol. The van der Waals surface area contributed by atoms with Crippen LogP contribution in [-0.4, -0.2) is 15.0 Å². The summed E-state index contributed by atoms with van der Waals surface area (Å²) in [6, 6.07) is 21.8. The van der Waals surface area contributed by atoms with Crippen LogP contribution in [0.15, 0.2) is 77.7 Å². The number of rotatable bonds is 8. The van der Waals surface area contributed by atoms with Crippen molar-refractivity contribution in [3.63, 3.8) is 0 Å². The Morgan fingerprint density at radius 2 is 1.36 bits per heavy atom. The monoisotopic (exact) mass is 396 g/mol. The van der Waals surface area contributed by atoms with E-state index >= 15 is 0 Å². The van der Waals surface area contributed by atoms with Gasteiger partial charge in [0.2, 0.25) is 10.0 Å². The molecule has 0 aliphatic carbocycles. The van der Waals surface area contributed by atoms with Crippen molar-refractivity contribution in [1.29, 1.82) is 0 Å². The smallest absolute Gasteiger partial charge is 0.240 e. The summed E-state index contributed by atoms with van der Waals surface area (Å²) in [7, 11) is -3.53. The SMILES string of the molecule is CCc1ccc(Oc2ccc(CCNS(=O)(=O)c3ccc(N)cc3)cc2)cc1. The van der Waals surface area contributed by atoms with Crippen LogP contribution in [0.5, 0.6) is 11.5 Å². The van der Waals surface area contributed by atoms with Gasteiger partial charge in [0, 0.05) is 12.2 Å². The van der Waals surface area contributed by atoms with Crippen molar-refractivity contribution in [3.05, 3.63) is 83.9 Å². The molecule has 146 valence electrons. The van der Waals surface area contributed by atoms with E-state index in [0.717, 1.165) is 23.5 Å². The Hall–Kier alpha value is -2.83. The first kappa shape index (κ1) is 19.9. The van der Waals surface area contributed by atoms with E-state index in [1.165, 1.54) is 17.7 Å². The summed E-state index contributed by atoms with van der Waals surface area (Å²) in [4.78, 5) is 0.208. The van der Waals surface area contributed by atoms with Crippen molar-refractivity contribution in [2.75, 3.05) is 12.3 Å². The number of hydrogen-bond acceptors (Lipinski definition) is 4. The Kier molecular flexibility index (Phi) is 6.34. The molecule has 6 heteroatoms. The molecule has 0 radical (unpaired) electrons. The van der Waals surface area contributed by atoms with E-state index in [0.29, 0.717) is 18.7 Å². The van der Waals surface area contributed by atoms with Crippen LogP contribution >= 0.6 is 0 Å². The van der Waals surface area contributed by atoms with Crippen LogP contribution in [0, 0.1) is 0 Å². The molecule has 5 nitrogen and oxygen atoms in total. The molecular formula is C22H24N2O3S. The van der Waals surface area contributed by atoms with Gasteiger partial charge in [-0.05, 0) is 72.5 Å². The first-order valence-electron chi connectivity index (χ1n) is 9.17. The topological polar surface area (TPSA) is 81.4 Å². The molecule has 0 saturated carbocycles. The highest BCUT2D eigenvalue weighted by Gasteiger charge is 2.12. The van der Waals surface area contributed by atoms with Gasteiger partial charge >= 0.3 is 0 Å². The van der Waals surface area contributed by atoms with E-state index in [4.69, 9.17) is 10.5 Å². The van der Waals surface area contributed by atoms with Crippen LogP contribution in [0.2, 0.25) is 0 Å². The highest BCUT2D eigenvalue weighted by atomic mass is 32.2. The Bertz CT molecular complexity index is 997. The van der Waals surface area contributed by atoms with Gasteiger partial charge in [-0.15, -0.1) is 0 Å². The summed E-state index contributed by atoms with van der Waals surface area (Å²) >= 11 is 0. The second-order valence-corrected chi connectivity index (χ2v) is 8.23. The second-order valence-electron chi connectivity index (χ2n) is 6.46. The van der Waals surface area contributed by atoms with Gasteiger partial charge in [0.1, 0.15) is 11.5 Å². The number of aryl methyl sites for hydroxylation is 1. The van der Waals surface area contributed by atoms with Crippen molar-refractivity contribution < 1.29 is 13.2 Å². The molecule has 3 rings (SSSR count). The van der Waals surface area contributed by atoms with Gasteiger partial charge in [-0.2, -0.15) is 0 Å². The molecule has 0 amide bonds. The number of nitrogens with one attached hydrogen (secondary N) is 1. The van der Waals surface area contributed by atoms with Crippen molar-refractivity contribution in [3.8, 4) is 11.5 Å². The van der Waals surface area contributed by atoms with Crippen LogP contribution in [0.1, 0.15) is 18.1 Å². The van der Waals surface area contributed by atoms with Gasteiger partial charge in [0.05, 0.1) is 4.90 Å². The fourth-order valence-electron chi connectivity index (χ4n) is 2.71. The molecule has 3 aromatic carbocycles. The normalized spacial score (nSPS) is 11.3. The third-order valence-electron chi connectivity index (χ3n) is 4.39. The van der Waals surface area contributed by atoms with E-state index in [9.17, 15) is 8.42 Å². The average Bonchev–Trinajstić information content (AvgIpc) is 2.70. The molecule has 0 fully saturated rings. The Balaban J connectivity index is 1.53. The fourth-order valence-corrected chi connectivity index (χ4v) is 3.75. The zero-order valence-corrected chi connectivity index (χ0v) is 16.6. The maximum atomic E-state index is 12.3. The molecule has 0 aliphatic rings. The third-order valence-corrected chi connectivity index (χ3v) is 5.86. The maximum absolute atomic E-state index is 12.3. The van der Waals surface area contributed by atoms with E-state index in [2.05, 4.69) is 23.8 Å². The first-order chi connectivity index (χ1) is 13.5. The molecule has 3 aromatic rings. The summed E-state index contributed by atoms with van der Waals surface area (Å²) < 4.78 is 33.0. The molecule has 0 unspecified atom stereocenters. The van der Waals surface area contributed by atoms with Crippen molar-refractivity contribution in [2.24, 2.45) is 0 Å². The summed E-state index contributed by atoms with van der Waals surface area (Å²) in [5.41, 5.74) is 8.41. The van der Waals surface area contributed by atoms with Gasteiger partial charge in [-0.25, -0.2) is 13.1 Å². The van der Waals surface area contributed by atoms with Crippen molar-refractivity contribution in [2.45, 2.75) is 24.7 Å². The van der Waals surface area contributed by atoms with Gasteiger partial charge in [-0.1, -0.05) is 31.2 Å². The lowest BCUT2D eigenvalue weighted by molar-refractivity contribution is 0.482. The Labute approximate surface area is 166 Å². The van der Waals surface area contributed by atoms with E-state index in [-0.39, 0.29) is 4.90 Å². The summed E-state index contributed by atoms with van der Waals surface area (Å²) in [5, 5.41) is 0. The van der Waals surface area contributed by atoms with E-state index in [1.54, 1.807) is 12.1 Å². The van der Waals surface area contributed by atoms with Crippen LogP contribution in [0.4, 0.5) is 5.69 Å². The molecule has 28 heavy (non-hydrogen) atoms. The molecule has 0 heterocycles.